The quantitative estimate of drug-likeness (QED) is 0.613. The van der Waals surface area contributed by atoms with E-state index in [4.69, 9.17) is 0 Å². The summed E-state index contributed by atoms with van der Waals surface area (Å²) in [5, 5.41) is 3.28. The average Bonchev–Trinajstić information content (AvgIpc) is 2.03. The Hall–Kier alpha value is -0.570. The van der Waals surface area contributed by atoms with E-state index in [-0.39, 0.29) is 6.04 Å². The predicted molar refractivity (Wildman–Crippen MR) is 46.8 cm³/mol. The van der Waals surface area contributed by atoms with Crippen LogP contribution in [0.2, 0.25) is 0 Å². The van der Waals surface area contributed by atoms with Gasteiger partial charge >= 0.3 is 0 Å². The zero-order chi connectivity index (χ0) is 8.39. The van der Waals surface area contributed by atoms with Crippen molar-refractivity contribution < 1.29 is 4.79 Å². The molecule has 1 amide bonds. The van der Waals surface area contributed by atoms with Crippen molar-refractivity contribution >= 4 is 5.91 Å². The van der Waals surface area contributed by atoms with Crippen molar-refractivity contribution in [3.05, 3.63) is 0 Å². The largest absolute Gasteiger partial charge is 0.341 e. The lowest BCUT2D eigenvalue weighted by Gasteiger charge is -2.35. The molecule has 1 atom stereocenters. The van der Waals surface area contributed by atoms with Crippen molar-refractivity contribution in [1.82, 2.24) is 10.2 Å². The number of amides is 1. The third-order valence-corrected chi connectivity index (χ3v) is 2.78. The van der Waals surface area contributed by atoms with Gasteiger partial charge in [-0.2, -0.15) is 0 Å². The molecule has 2 rings (SSSR count). The SMILES string of the molecule is O=C(C1CCCCN1)N1CCC1. The summed E-state index contributed by atoms with van der Waals surface area (Å²) in [6, 6.07) is 0.138. The molecule has 68 valence electrons. The van der Waals surface area contributed by atoms with Gasteiger partial charge in [0.1, 0.15) is 0 Å². The molecule has 0 aliphatic carbocycles. The highest BCUT2D eigenvalue weighted by molar-refractivity contribution is 5.82. The summed E-state index contributed by atoms with van der Waals surface area (Å²) in [6.07, 6.45) is 4.66. The topological polar surface area (TPSA) is 32.3 Å². The molecule has 2 heterocycles. The van der Waals surface area contributed by atoms with Crippen LogP contribution >= 0.6 is 0 Å². The van der Waals surface area contributed by atoms with Crippen LogP contribution in [0.25, 0.3) is 0 Å². The van der Waals surface area contributed by atoms with E-state index in [1.54, 1.807) is 0 Å². The maximum atomic E-state index is 11.6. The van der Waals surface area contributed by atoms with Gasteiger partial charge in [0.15, 0.2) is 0 Å². The smallest absolute Gasteiger partial charge is 0.239 e. The number of piperidine rings is 1. The molecule has 3 nitrogen and oxygen atoms in total. The third kappa shape index (κ3) is 1.46. The average molecular weight is 168 g/mol. The molecule has 0 radical (unpaired) electrons. The van der Waals surface area contributed by atoms with Gasteiger partial charge in [0.2, 0.25) is 5.91 Å². The monoisotopic (exact) mass is 168 g/mol. The number of hydrogen-bond donors (Lipinski definition) is 1. The molecule has 2 saturated heterocycles. The van der Waals surface area contributed by atoms with E-state index >= 15 is 0 Å². The molecule has 2 fully saturated rings. The van der Waals surface area contributed by atoms with Crippen molar-refractivity contribution in [3.8, 4) is 0 Å². The molecule has 0 aromatic carbocycles. The van der Waals surface area contributed by atoms with Gasteiger partial charge in [0, 0.05) is 13.1 Å². The lowest BCUT2D eigenvalue weighted by Crippen LogP contribution is -2.53. The van der Waals surface area contributed by atoms with Crippen molar-refractivity contribution in [2.45, 2.75) is 31.7 Å². The Morgan fingerprint density at radius 1 is 1.25 bits per heavy atom. The lowest BCUT2D eigenvalue weighted by atomic mass is 10.0. The molecule has 2 aliphatic heterocycles. The Morgan fingerprint density at radius 3 is 2.58 bits per heavy atom. The van der Waals surface area contributed by atoms with Gasteiger partial charge in [-0.1, -0.05) is 6.42 Å². The number of carbonyl (C=O) groups is 1. The molecule has 0 aromatic rings. The van der Waals surface area contributed by atoms with Crippen LogP contribution in [0, 0.1) is 0 Å². The van der Waals surface area contributed by atoms with Crippen LogP contribution < -0.4 is 5.32 Å². The van der Waals surface area contributed by atoms with E-state index in [9.17, 15) is 4.79 Å². The van der Waals surface area contributed by atoms with Crippen molar-refractivity contribution in [2.24, 2.45) is 0 Å². The summed E-state index contributed by atoms with van der Waals surface area (Å²) in [4.78, 5) is 13.6. The number of nitrogens with zero attached hydrogens (tertiary/aromatic N) is 1. The van der Waals surface area contributed by atoms with Gasteiger partial charge in [-0.3, -0.25) is 4.79 Å². The molecule has 0 spiro atoms. The van der Waals surface area contributed by atoms with Crippen LogP contribution in [0.3, 0.4) is 0 Å². The van der Waals surface area contributed by atoms with Crippen molar-refractivity contribution in [1.29, 1.82) is 0 Å². The Morgan fingerprint density at radius 2 is 2.08 bits per heavy atom. The molecule has 0 bridgehead atoms. The highest BCUT2D eigenvalue weighted by Crippen LogP contribution is 2.13. The first-order valence-electron chi connectivity index (χ1n) is 4.90. The number of rotatable bonds is 1. The number of carbonyl (C=O) groups excluding carboxylic acids is 1. The van der Waals surface area contributed by atoms with Crippen molar-refractivity contribution in [3.63, 3.8) is 0 Å². The van der Waals surface area contributed by atoms with E-state index < -0.39 is 0 Å². The first-order chi connectivity index (χ1) is 5.88. The Balaban J connectivity index is 1.84. The highest BCUT2D eigenvalue weighted by Gasteiger charge is 2.28. The second-order valence-electron chi connectivity index (χ2n) is 3.68. The van der Waals surface area contributed by atoms with Crippen LogP contribution in [-0.2, 0) is 4.79 Å². The zero-order valence-electron chi connectivity index (χ0n) is 7.38. The Bertz CT molecular complexity index is 171. The third-order valence-electron chi connectivity index (χ3n) is 2.78. The standard InChI is InChI=1S/C9H16N2O/c12-9(11-6-3-7-11)8-4-1-2-5-10-8/h8,10H,1-7H2. The van der Waals surface area contributed by atoms with Gasteiger partial charge in [-0.25, -0.2) is 0 Å². The first kappa shape index (κ1) is 8.05. The highest BCUT2D eigenvalue weighted by atomic mass is 16.2. The minimum absolute atomic E-state index is 0.138. The fourth-order valence-corrected chi connectivity index (χ4v) is 1.82. The predicted octanol–water partition coefficient (Wildman–Crippen LogP) is 0.361. The van der Waals surface area contributed by atoms with E-state index in [1.165, 1.54) is 19.3 Å². The maximum Gasteiger partial charge on any atom is 0.239 e. The minimum atomic E-state index is 0.138. The van der Waals surface area contributed by atoms with Crippen molar-refractivity contribution in [2.75, 3.05) is 19.6 Å². The van der Waals surface area contributed by atoms with E-state index in [0.717, 1.165) is 26.1 Å². The number of nitrogens with one attached hydrogen (secondary N) is 1. The fraction of sp³-hybridized carbons (Fsp3) is 0.889. The van der Waals surface area contributed by atoms with Crippen LogP contribution in [0.15, 0.2) is 0 Å². The Labute approximate surface area is 73.1 Å². The van der Waals surface area contributed by atoms with Gasteiger partial charge in [-0.05, 0) is 25.8 Å². The molecule has 1 N–H and O–H groups in total. The second kappa shape index (κ2) is 3.44. The molecule has 0 saturated carbocycles. The summed E-state index contributed by atoms with van der Waals surface area (Å²) >= 11 is 0. The molecule has 12 heavy (non-hydrogen) atoms. The fourth-order valence-electron chi connectivity index (χ4n) is 1.82. The summed E-state index contributed by atoms with van der Waals surface area (Å²) < 4.78 is 0. The van der Waals surface area contributed by atoms with Gasteiger partial charge in [0.05, 0.1) is 6.04 Å². The summed E-state index contributed by atoms with van der Waals surface area (Å²) in [6.45, 7) is 2.98. The molecule has 3 heteroatoms. The molecule has 1 unspecified atom stereocenters. The van der Waals surface area contributed by atoms with Crippen LogP contribution in [0.5, 0.6) is 0 Å². The van der Waals surface area contributed by atoms with Gasteiger partial charge < -0.3 is 10.2 Å². The van der Waals surface area contributed by atoms with Crippen LogP contribution in [-0.4, -0.2) is 36.5 Å². The molecular weight excluding hydrogens is 152 g/mol. The van der Waals surface area contributed by atoms with Crippen LogP contribution in [0.4, 0.5) is 0 Å². The molecular formula is C9H16N2O. The first-order valence-corrected chi connectivity index (χ1v) is 4.90. The van der Waals surface area contributed by atoms with E-state index in [1.807, 2.05) is 4.90 Å². The van der Waals surface area contributed by atoms with Crippen LogP contribution in [0.1, 0.15) is 25.7 Å². The summed E-state index contributed by atoms with van der Waals surface area (Å²) in [5.41, 5.74) is 0. The minimum Gasteiger partial charge on any atom is -0.341 e. The summed E-state index contributed by atoms with van der Waals surface area (Å²) in [7, 11) is 0. The summed E-state index contributed by atoms with van der Waals surface area (Å²) in [5.74, 6) is 0.334. The van der Waals surface area contributed by atoms with Gasteiger partial charge in [-0.15, -0.1) is 0 Å². The second-order valence-corrected chi connectivity index (χ2v) is 3.68. The number of likely N-dealkylation sites (tertiary alicyclic amines) is 1. The zero-order valence-corrected chi connectivity index (χ0v) is 7.38. The van der Waals surface area contributed by atoms with E-state index in [2.05, 4.69) is 5.32 Å². The normalized spacial score (nSPS) is 29.7. The molecule has 0 aromatic heterocycles. The van der Waals surface area contributed by atoms with Gasteiger partial charge in [0.25, 0.3) is 0 Å². The lowest BCUT2D eigenvalue weighted by molar-refractivity contribution is -0.137. The number of hydrogen-bond acceptors (Lipinski definition) is 2. The maximum absolute atomic E-state index is 11.6. The molecule has 2 aliphatic rings. The Kier molecular flexibility index (Phi) is 2.30. The van der Waals surface area contributed by atoms with E-state index in [0.29, 0.717) is 5.91 Å².